The molecule has 1 aliphatic heterocycles. The Morgan fingerprint density at radius 1 is 1.16 bits per heavy atom. The van der Waals surface area contributed by atoms with Crippen LogP contribution < -0.4 is 14.8 Å². The van der Waals surface area contributed by atoms with E-state index in [1.807, 2.05) is 24.4 Å². The van der Waals surface area contributed by atoms with Crippen molar-refractivity contribution in [2.45, 2.75) is 19.4 Å². The molecule has 0 bridgehead atoms. The molecular weight excluding hydrogens is 397 g/mol. The summed E-state index contributed by atoms with van der Waals surface area (Å²) in [5, 5.41) is 4.46. The van der Waals surface area contributed by atoms with Crippen molar-refractivity contribution >= 4 is 10.9 Å². The van der Waals surface area contributed by atoms with Gasteiger partial charge in [0.1, 0.15) is 11.6 Å². The Morgan fingerprint density at radius 2 is 2.10 bits per heavy atom. The Bertz CT molecular complexity index is 1240. The second-order valence-corrected chi connectivity index (χ2v) is 7.42. The highest BCUT2D eigenvalue weighted by molar-refractivity contribution is 5.84. The van der Waals surface area contributed by atoms with E-state index in [9.17, 15) is 4.39 Å². The van der Waals surface area contributed by atoms with E-state index in [2.05, 4.69) is 25.3 Å². The SMILES string of the molecule is COc1ccc2c(CCOc3nc(-c4cncc(F)c4)nc4c3CCNC4)c[nH]c2c1. The molecule has 8 heteroatoms. The topological polar surface area (TPSA) is 84.9 Å². The molecular formula is C23H22FN5O2. The molecule has 1 aromatic carbocycles. The van der Waals surface area contributed by atoms with Gasteiger partial charge in [-0.05, 0) is 36.7 Å². The first-order chi connectivity index (χ1) is 15.2. The summed E-state index contributed by atoms with van der Waals surface area (Å²) in [4.78, 5) is 16.4. The van der Waals surface area contributed by atoms with Crippen molar-refractivity contribution < 1.29 is 13.9 Å². The number of pyridine rings is 1. The van der Waals surface area contributed by atoms with Crippen LogP contribution in [0.2, 0.25) is 0 Å². The summed E-state index contributed by atoms with van der Waals surface area (Å²) < 4.78 is 25.1. The molecule has 5 rings (SSSR count). The van der Waals surface area contributed by atoms with Crippen molar-refractivity contribution in [3.05, 3.63) is 65.5 Å². The maximum absolute atomic E-state index is 13.7. The minimum absolute atomic E-state index is 0.420. The third kappa shape index (κ3) is 3.94. The van der Waals surface area contributed by atoms with Crippen LogP contribution in [0.5, 0.6) is 11.6 Å². The van der Waals surface area contributed by atoms with Gasteiger partial charge < -0.3 is 19.8 Å². The van der Waals surface area contributed by atoms with E-state index >= 15 is 0 Å². The van der Waals surface area contributed by atoms with Gasteiger partial charge in [0.2, 0.25) is 5.88 Å². The Balaban J connectivity index is 1.39. The molecule has 4 heterocycles. The number of methoxy groups -OCH3 is 1. The summed E-state index contributed by atoms with van der Waals surface area (Å²) in [7, 11) is 1.66. The summed E-state index contributed by atoms with van der Waals surface area (Å²) in [5.74, 6) is 1.38. The normalized spacial score (nSPS) is 13.2. The largest absolute Gasteiger partial charge is 0.497 e. The van der Waals surface area contributed by atoms with Crippen LogP contribution in [0.25, 0.3) is 22.3 Å². The number of H-pyrrole nitrogens is 1. The number of benzene rings is 1. The highest BCUT2D eigenvalue weighted by Crippen LogP contribution is 2.27. The second-order valence-electron chi connectivity index (χ2n) is 7.42. The molecule has 31 heavy (non-hydrogen) atoms. The van der Waals surface area contributed by atoms with Gasteiger partial charge in [0, 0.05) is 53.5 Å². The molecule has 7 nitrogen and oxygen atoms in total. The molecule has 158 valence electrons. The average molecular weight is 419 g/mol. The van der Waals surface area contributed by atoms with Crippen molar-refractivity contribution in [3.63, 3.8) is 0 Å². The molecule has 4 aromatic rings. The maximum atomic E-state index is 13.7. The van der Waals surface area contributed by atoms with E-state index in [1.54, 1.807) is 13.3 Å². The minimum Gasteiger partial charge on any atom is -0.497 e. The lowest BCUT2D eigenvalue weighted by Crippen LogP contribution is -2.26. The number of fused-ring (bicyclic) bond motifs is 2. The summed E-state index contributed by atoms with van der Waals surface area (Å²) in [6, 6.07) is 7.36. The van der Waals surface area contributed by atoms with Crippen molar-refractivity contribution in [1.29, 1.82) is 0 Å². The fourth-order valence-corrected chi connectivity index (χ4v) is 3.86. The zero-order chi connectivity index (χ0) is 21.2. The Morgan fingerprint density at radius 3 is 2.97 bits per heavy atom. The Kier molecular flexibility index (Phi) is 5.21. The molecule has 0 saturated carbocycles. The molecule has 0 radical (unpaired) electrons. The number of ether oxygens (including phenoxy) is 2. The van der Waals surface area contributed by atoms with E-state index in [0.717, 1.165) is 59.1 Å². The Hall–Kier alpha value is -3.52. The van der Waals surface area contributed by atoms with Gasteiger partial charge in [-0.3, -0.25) is 4.98 Å². The minimum atomic E-state index is -0.421. The van der Waals surface area contributed by atoms with Gasteiger partial charge in [-0.25, -0.2) is 9.37 Å². The molecule has 1 aliphatic rings. The van der Waals surface area contributed by atoms with Crippen molar-refractivity contribution in [3.8, 4) is 23.0 Å². The van der Waals surface area contributed by atoms with Crippen LogP contribution in [0.1, 0.15) is 16.8 Å². The molecule has 0 saturated heterocycles. The number of aromatic nitrogens is 4. The van der Waals surface area contributed by atoms with Crippen molar-refractivity contribution in [1.82, 2.24) is 25.3 Å². The van der Waals surface area contributed by atoms with Gasteiger partial charge in [0.25, 0.3) is 0 Å². The van der Waals surface area contributed by atoms with Gasteiger partial charge >= 0.3 is 0 Å². The number of hydrogen-bond donors (Lipinski definition) is 2. The zero-order valence-corrected chi connectivity index (χ0v) is 17.1. The van der Waals surface area contributed by atoms with Gasteiger partial charge in [0.05, 0.1) is 25.6 Å². The molecule has 0 atom stereocenters. The molecule has 0 fully saturated rings. The molecule has 0 unspecified atom stereocenters. The predicted octanol–water partition coefficient (Wildman–Crippen LogP) is 3.43. The summed E-state index contributed by atoms with van der Waals surface area (Å²) in [6.45, 7) is 1.95. The zero-order valence-electron chi connectivity index (χ0n) is 17.1. The van der Waals surface area contributed by atoms with Crippen molar-refractivity contribution in [2.75, 3.05) is 20.3 Å². The number of nitrogens with zero attached hydrogens (tertiary/aromatic N) is 3. The smallest absolute Gasteiger partial charge is 0.220 e. The summed E-state index contributed by atoms with van der Waals surface area (Å²) in [6.07, 6.45) is 6.23. The maximum Gasteiger partial charge on any atom is 0.220 e. The van der Waals surface area contributed by atoms with E-state index in [4.69, 9.17) is 9.47 Å². The lowest BCUT2D eigenvalue weighted by atomic mass is 10.1. The van der Waals surface area contributed by atoms with Crippen molar-refractivity contribution in [2.24, 2.45) is 0 Å². The third-order valence-electron chi connectivity index (χ3n) is 5.45. The van der Waals surface area contributed by atoms with Gasteiger partial charge in [-0.15, -0.1) is 0 Å². The van der Waals surface area contributed by atoms with Crippen LogP contribution in [0.3, 0.4) is 0 Å². The van der Waals surface area contributed by atoms with Gasteiger partial charge in [0.15, 0.2) is 5.82 Å². The van der Waals surface area contributed by atoms with Gasteiger partial charge in [-0.1, -0.05) is 0 Å². The number of nitrogens with one attached hydrogen (secondary N) is 2. The fourth-order valence-electron chi connectivity index (χ4n) is 3.86. The van der Waals surface area contributed by atoms with E-state index in [0.29, 0.717) is 30.4 Å². The van der Waals surface area contributed by atoms with Crippen LogP contribution >= 0.6 is 0 Å². The van der Waals surface area contributed by atoms with E-state index < -0.39 is 5.82 Å². The first-order valence-electron chi connectivity index (χ1n) is 10.2. The van der Waals surface area contributed by atoms with Crippen LogP contribution in [0.4, 0.5) is 4.39 Å². The van der Waals surface area contributed by atoms with Crippen LogP contribution in [-0.2, 0) is 19.4 Å². The third-order valence-corrected chi connectivity index (χ3v) is 5.45. The monoisotopic (exact) mass is 419 g/mol. The summed E-state index contributed by atoms with van der Waals surface area (Å²) >= 11 is 0. The Labute approximate surface area is 178 Å². The molecule has 0 amide bonds. The second kappa shape index (κ2) is 8.31. The molecule has 3 aromatic heterocycles. The molecule has 0 aliphatic carbocycles. The predicted molar refractivity (Wildman–Crippen MR) is 115 cm³/mol. The van der Waals surface area contributed by atoms with Crippen LogP contribution in [0.15, 0.2) is 42.9 Å². The lowest BCUT2D eigenvalue weighted by molar-refractivity contribution is 0.304. The lowest BCUT2D eigenvalue weighted by Gasteiger charge is -2.20. The highest BCUT2D eigenvalue weighted by Gasteiger charge is 2.20. The number of halogens is 1. The highest BCUT2D eigenvalue weighted by atomic mass is 19.1. The number of hydrogen-bond acceptors (Lipinski definition) is 6. The fraction of sp³-hybridized carbons (Fsp3) is 0.261. The molecule has 2 N–H and O–H groups in total. The number of aromatic amines is 1. The van der Waals surface area contributed by atoms with E-state index in [1.165, 1.54) is 6.07 Å². The average Bonchev–Trinajstić information content (AvgIpc) is 3.21. The van der Waals surface area contributed by atoms with Crippen LogP contribution in [0, 0.1) is 5.82 Å². The quantitative estimate of drug-likeness (QED) is 0.498. The number of rotatable bonds is 6. The van der Waals surface area contributed by atoms with Crippen LogP contribution in [-0.4, -0.2) is 40.2 Å². The first kappa shape index (κ1) is 19.4. The van der Waals surface area contributed by atoms with Gasteiger partial charge in [-0.2, -0.15) is 4.98 Å². The summed E-state index contributed by atoms with van der Waals surface area (Å²) in [5.41, 5.74) is 4.62. The standard InChI is InChI=1S/C23H22FN5O2/c1-30-17-2-3-18-14(11-27-20(18)9-17)5-7-31-23-19-4-6-25-13-21(19)28-22(29-23)15-8-16(24)12-26-10-15/h2-3,8-12,25,27H,4-7,13H2,1H3. The van der Waals surface area contributed by atoms with E-state index in [-0.39, 0.29) is 0 Å². The molecule has 0 spiro atoms. The first-order valence-corrected chi connectivity index (χ1v) is 10.2.